The zero-order valence-corrected chi connectivity index (χ0v) is 16.2. The molecule has 4 nitrogen and oxygen atoms in total. The van der Waals surface area contributed by atoms with Crippen molar-refractivity contribution in [2.45, 2.75) is 17.9 Å². The molecule has 1 unspecified atom stereocenters. The highest BCUT2D eigenvalue weighted by Gasteiger charge is 2.38. The normalized spacial score (nSPS) is 12.4. The lowest BCUT2D eigenvalue weighted by atomic mass is 9.66. The van der Waals surface area contributed by atoms with Gasteiger partial charge in [-0.05, 0) is 47.4 Å². The van der Waals surface area contributed by atoms with Crippen molar-refractivity contribution in [2.24, 2.45) is 0 Å². The summed E-state index contributed by atoms with van der Waals surface area (Å²) < 4.78 is 10.6. The largest absolute Gasteiger partial charge is 0.497 e. The molecule has 0 spiro atoms. The molecule has 4 heteroatoms. The first kappa shape index (κ1) is 19.9. The fourth-order valence-corrected chi connectivity index (χ4v) is 3.75. The van der Waals surface area contributed by atoms with Gasteiger partial charge in [-0.25, -0.2) is 0 Å². The lowest BCUT2D eigenvalue weighted by Crippen LogP contribution is -2.35. The summed E-state index contributed by atoms with van der Waals surface area (Å²) in [5, 5.41) is 20.1. The molecule has 0 aromatic heterocycles. The average Bonchev–Trinajstić information content (AvgIpc) is 2.78. The molecule has 28 heavy (non-hydrogen) atoms. The van der Waals surface area contributed by atoms with E-state index in [-0.39, 0.29) is 6.61 Å². The van der Waals surface area contributed by atoms with Crippen molar-refractivity contribution in [1.82, 2.24) is 0 Å². The van der Waals surface area contributed by atoms with Crippen LogP contribution in [0.2, 0.25) is 0 Å². The van der Waals surface area contributed by atoms with Crippen LogP contribution in [0.1, 0.15) is 23.1 Å². The summed E-state index contributed by atoms with van der Waals surface area (Å²) in [6.07, 6.45) is -0.531. The van der Waals surface area contributed by atoms with Gasteiger partial charge in [0.25, 0.3) is 0 Å². The lowest BCUT2D eigenvalue weighted by Gasteiger charge is -2.37. The summed E-state index contributed by atoms with van der Waals surface area (Å²) in [5.74, 6) is 1.53. The third kappa shape index (κ3) is 3.88. The number of aliphatic hydroxyl groups excluding tert-OH is 2. The van der Waals surface area contributed by atoms with E-state index in [1.54, 1.807) is 14.2 Å². The van der Waals surface area contributed by atoms with E-state index in [2.05, 4.69) is 12.1 Å². The fourth-order valence-electron chi connectivity index (χ4n) is 3.75. The van der Waals surface area contributed by atoms with Crippen molar-refractivity contribution in [2.75, 3.05) is 20.8 Å². The molecule has 3 aromatic carbocycles. The lowest BCUT2D eigenvalue weighted by molar-refractivity contribution is 0.0772. The van der Waals surface area contributed by atoms with Crippen molar-refractivity contribution in [3.63, 3.8) is 0 Å². The quantitative estimate of drug-likeness (QED) is 0.586. The van der Waals surface area contributed by atoms with Gasteiger partial charge in [0, 0.05) is 5.41 Å². The Morgan fingerprint density at radius 2 is 1.14 bits per heavy atom. The van der Waals surface area contributed by atoms with E-state index in [4.69, 9.17) is 9.47 Å². The molecule has 146 valence electrons. The van der Waals surface area contributed by atoms with E-state index >= 15 is 0 Å². The number of methoxy groups -OCH3 is 2. The minimum atomic E-state index is -0.871. The molecule has 0 radical (unpaired) electrons. The van der Waals surface area contributed by atoms with Crippen molar-refractivity contribution >= 4 is 0 Å². The second kappa shape index (κ2) is 8.91. The minimum absolute atomic E-state index is 0.305. The molecule has 0 bridgehead atoms. The molecule has 3 rings (SSSR count). The van der Waals surface area contributed by atoms with Crippen LogP contribution in [0.15, 0.2) is 78.9 Å². The summed E-state index contributed by atoms with van der Waals surface area (Å²) in [6.45, 7) is -0.305. The monoisotopic (exact) mass is 378 g/mol. The predicted molar refractivity (Wildman–Crippen MR) is 110 cm³/mol. The van der Waals surface area contributed by atoms with Gasteiger partial charge in [-0.3, -0.25) is 0 Å². The highest BCUT2D eigenvalue weighted by Crippen LogP contribution is 2.44. The molecule has 0 saturated carbocycles. The van der Waals surface area contributed by atoms with E-state index < -0.39 is 11.5 Å². The van der Waals surface area contributed by atoms with Gasteiger partial charge in [0.2, 0.25) is 0 Å². The van der Waals surface area contributed by atoms with Crippen LogP contribution in [0.4, 0.5) is 0 Å². The third-order valence-electron chi connectivity index (χ3n) is 5.18. The van der Waals surface area contributed by atoms with Crippen LogP contribution < -0.4 is 9.47 Å². The highest BCUT2D eigenvalue weighted by molar-refractivity contribution is 5.52. The Kier molecular flexibility index (Phi) is 6.34. The first-order chi connectivity index (χ1) is 13.6. The van der Waals surface area contributed by atoms with E-state index in [1.165, 1.54) is 0 Å². The maximum absolute atomic E-state index is 10.5. The number of benzene rings is 3. The van der Waals surface area contributed by atoms with Crippen LogP contribution >= 0.6 is 0 Å². The maximum atomic E-state index is 10.5. The van der Waals surface area contributed by atoms with Crippen molar-refractivity contribution in [3.05, 3.63) is 95.6 Å². The average molecular weight is 378 g/mol. The molecule has 2 N–H and O–H groups in total. The maximum Gasteiger partial charge on any atom is 0.118 e. The minimum Gasteiger partial charge on any atom is -0.497 e. The standard InChI is InChI=1S/C24H26O4/c1-27-22-12-8-19(9-13-22)24(16-21(26)17-25,18-6-4-3-5-7-18)20-10-14-23(28-2)15-11-20/h3-15,21,25-26H,16-17H2,1-2H3. The Morgan fingerprint density at radius 3 is 1.54 bits per heavy atom. The van der Waals surface area contributed by atoms with Crippen LogP contribution in [-0.4, -0.2) is 37.1 Å². The van der Waals surface area contributed by atoms with Gasteiger partial charge in [-0.15, -0.1) is 0 Å². The molecule has 3 aromatic rings. The van der Waals surface area contributed by atoms with Crippen LogP contribution in [0, 0.1) is 0 Å². The summed E-state index contributed by atoms with van der Waals surface area (Å²) >= 11 is 0. The van der Waals surface area contributed by atoms with E-state index in [1.807, 2.05) is 66.7 Å². The molecule has 0 heterocycles. The second-order valence-corrected chi connectivity index (χ2v) is 6.77. The summed E-state index contributed by atoms with van der Waals surface area (Å²) in [7, 11) is 3.27. The predicted octanol–water partition coefficient (Wildman–Crippen LogP) is 3.78. The molecule has 0 aliphatic carbocycles. The van der Waals surface area contributed by atoms with E-state index in [0.29, 0.717) is 6.42 Å². The topological polar surface area (TPSA) is 58.9 Å². The van der Waals surface area contributed by atoms with Gasteiger partial charge in [-0.1, -0.05) is 54.6 Å². The van der Waals surface area contributed by atoms with Gasteiger partial charge in [0.05, 0.1) is 26.9 Å². The van der Waals surface area contributed by atoms with Crippen LogP contribution in [0.3, 0.4) is 0 Å². The van der Waals surface area contributed by atoms with Gasteiger partial charge >= 0.3 is 0 Å². The number of rotatable bonds is 8. The number of hydrogen-bond acceptors (Lipinski definition) is 4. The molecule has 0 amide bonds. The summed E-state index contributed by atoms with van der Waals surface area (Å²) in [5.41, 5.74) is 2.43. The smallest absolute Gasteiger partial charge is 0.118 e. The zero-order chi connectivity index (χ0) is 20.0. The molecule has 0 saturated heterocycles. The van der Waals surface area contributed by atoms with Crippen LogP contribution in [-0.2, 0) is 5.41 Å². The molecule has 0 fully saturated rings. The van der Waals surface area contributed by atoms with Crippen LogP contribution in [0.5, 0.6) is 11.5 Å². The Hall–Kier alpha value is -2.82. The van der Waals surface area contributed by atoms with Crippen LogP contribution in [0.25, 0.3) is 0 Å². The number of hydrogen-bond donors (Lipinski definition) is 2. The van der Waals surface area contributed by atoms with Crippen molar-refractivity contribution in [3.8, 4) is 11.5 Å². The van der Waals surface area contributed by atoms with Gasteiger partial charge in [-0.2, -0.15) is 0 Å². The van der Waals surface area contributed by atoms with Gasteiger partial charge in [0.1, 0.15) is 11.5 Å². The SMILES string of the molecule is COc1ccc(C(CC(O)CO)(c2ccccc2)c2ccc(OC)cc2)cc1. The Balaban J connectivity index is 2.26. The molecule has 1 atom stereocenters. The Labute approximate surface area is 166 Å². The number of aliphatic hydroxyl groups is 2. The Morgan fingerprint density at radius 1 is 0.714 bits per heavy atom. The molecular weight excluding hydrogens is 352 g/mol. The second-order valence-electron chi connectivity index (χ2n) is 6.77. The van der Waals surface area contributed by atoms with Crippen molar-refractivity contribution in [1.29, 1.82) is 0 Å². The van der Waals surface area contributed by atoms with Gasteiger partial charge in [0.15, 0.2) is 0 Å². The Bertz CT molecular complexity index is 810. The third-order valence-corrected chi connectivity index (χ3v) is 5.18. The van der Waals surface area contributed by atoms with E-state index in [0.717, 1.165) is 28.2 Å². The number of ether oxygens (including phenoxy) is 2. The van der Waals surface area contributed by atoms with Crippen molar-refractivity contribution < 1.29 is 19.7 Å². The first-order valence-corrected chi connectivity index (χ1v) is 9.27. The summed E-state index contributed by atoms with van der Waals surface area (Å²) in [6, 6.07) is 25.8. The zero-order valence-electron chi connectivity index (χ0n) is 16.2. The highest BCUT2D eigenvalue weighted by atomic mass is 16.5. The first-order valence-electron chi connectivity index (χ1n) is 9.27. The van der Waals surface area contributed by atoms with E-state index in [9.17, 15) is 10.2 Å². The van der Waals surface area contributed by atoms with Gasteiger partial charge < -0.3 is 19.7 Å². The molecular formula is C24H26O4. The summed E-state index contributed by atoms with van der Waals surface area (Å²) in [4.78, 5) is 0. The molecule has 0 aliphatic rings. The molecule has 0 aliphatic heterocycles. The fraction of sp³-hybridized carbons (Fsp3) is 0.250.